The highest BCUT2D eigenvalue weighted by Crippen LogP contribution is 2.40. The monoisotopic (exact) mass is 722 g/mol. The Morgan fingerprint density at radius 1 is 0.962 bits per heavy atom. The summed E-state index contributed by atoms with van der Waals surface area (Å²) < 4.78 is 0. The molecule has 1 aromatic heterocycles. The average Bonchev–Trinajstić information content (AvgIpc) is 3.09. The highest BCUT2D eigenvalue weighted by Gasteiger charge is 2.42. The maximum atomic E-state index is 13.3. The summed E-state index contributed by atoms with van der Waals surface area (Å²) in [6.45, 7) is 35.9. The molecule has 5 nitrogen and oxygen atoms in total. The van der Waals surface area contributed by atoms with Crippen molar-refractivity contribution in [1.82, 2.24) is 10.3 Å². The van der Waals surface area contributed by atoms with E-state index in [9.17, 15) is 9.59 Å². The number of aromatic amines is 1. The maximum Gasteiger partial charge on any atom is 0.253 e. The third-order valence-corrected chi connectivity index (χ3v) is 10.2. The van der Waals surface area contributed by atoms with Gasteiger partial charge in [-0.3, -0.25) is 14.6 Å². The van der Waals surface area contributed by atoms with Crippen LogP contribution in [0.5, 0.6) is 0 Å². The molecule has 0 bridgehead atoms. The van der Waals surface area contributed by atoms with Crippen molar-refractivity contribution < 1.29 is 4.79 Å². The third-order valence-electron chi connectivity index (χ3n) is 10.2. The van der Waals surface area contributed by atoms with Crippen LogP contribution in [0.25, 0.3) is 11.3 Å². The fraction of sp³-hybridized carbons (Fsp3) is 0.723. The molecule has 4 rings (SSSR count). The molecule has 0 unspecified atom stereocenters. The maximum absolute atomic E-state index is 13.3. The van der Waals surface area contributed by atoms with Gasteiger partial charge in [-0.2, -0.15) is 0 Å². The minimum atomic E-state index is -0.431. The van der Waals surface area contributed by atoms with Crippen molar-refractivity contribution in [3.63, 3.8) is 0 Å². The average molecular weight is 722 g/mol. The van der Waals surface area contributed by atoms with E-state index in [-0.39, 0.29) is 11.5 Å². The molecule has 2 fully saturated rings. The number of aromatic nitrogens is 1. The molecule has 1 saturated heterocycles. The van der Waals surface area contributed by atoms with Gasteiger partial charge in [0.1, 0.15) is 5.78 Å². The van der Waals surface area contributed by atoms with Crippen molar-refractivity contribution in [2.75, 3.05) is 13.1 Å². The molecular formula is C47H83N3O2. The number of H-pyrrole nitrogens is 1. The summed E-state index contributed by atoms with van der Waals surface area (Å²) in [5.74, 6) is 3.30. The van der Waals surface area contributed by atoms with Crippen molar-refractivity contribution in [2.45, 2.75) is 180 Å². The van der Waals surface area contributed by atoms with Crippen LogP contribution in [0, 0.1) is 42.9 Å². The first kappa shape index (κ1) is 49.5. The minimum absolute atomic E-state index is 0.00499. The highest BCUT2D eigenvalue weighted by molar-refractivity contribution is 5.92. The molecule has 2 aromatic rings. The topological polar surface area (TPSA) is 74.3 Å². The number of pyridine rings is 1. The van der Waals surface area contributed by atoms with Crippen LogP contribution in [0.2, 0.25) is 0 Å². The Morgan fingerprint density at radius 3 is 1.96 bits per heavy atom. The van der Waals surface area contributed by atoms with Gasteiger partial charge in [0.2, 0.25) is 0 Å². The lowest BCUT2D eigenvalue weighted by molar-refractivity contribution is -0.128. The summed E-state index contributed by atoms with van der Waals surface area (Å²) in [6, 6.07) is 8.12. The van der Waals surface area contributed by atoms with Crippen LogP contribution in [0.3, 0.4) is 0 Å². The van der Waals surface area contributed by atoms with Gasteiger partial charge >= 0.3 is 0 Å². The number of carbonyl (C=O) groups is 1. The highest BCUT2D eigenvalue weighted by atomic mass is 16.1. The lowest BCUT2D eigenvalue weighted by atomic mass is 9.66. The Balaban J connectivity index is 0.000000958. The van der Waals surface area contributed by atoms with E-state index in [1.54, 1.807) is 6.92 Å². The number of aryl methyl sites for hydroxylation is 1. The van der Waals surface area contributed by atoms with Gasteiger partial charge in [-0.05, 0) is 117 Å². The smallest absolute Gasteiger partial charge is 0.253 e. The van der Waals surface area contributed by atoms with E-state index in [1.807, 2.05) is 53.0 Å². The molecule has 0 atom stereocenters. The number of ketones is 1. The van der Waals surface area contributed by atoms with E-state index in [4.69, 9.17) is 0 Å². The molecule has 1 aliphatic heterocycles. The van der Waals surface area contributed by atoms with Crippen LogP contribution >= 0.6 is 0 Å². The van der Waals surface area contributed by atoms with Gasteiger partial charge in [-0.25, -0.2) is 0 Å². The molecule has 2 N–H and O–H groups in total. The van der Waals surface area contributed by atoms with Crippen molar-refractivity contribution in [1.29, 1.82) is 0 Å². The quantitative estimate of drug-likeness (QED) is 0.227. The number of benzene rings is 1. The number of nitrogens with one attached hydrogen (secondary N) is 2. The van der Waals surface area contributed by atoms with Crippen LogP contribution in [0.4, 0.5) is 5.69 Å². The molecule has 1 aromatic carbocycles. The Labute approximate surface area is 322 Å². The van der Waals surface area contributed by atoms with Gasteiger partial charge in [0.15, 0.2) is 0 Å². The van der Waals surface area contributed by atoms with E-state index in [0.717, 1.165) is 72.5 Å². The third kappa shape index (κ3) is 16.6. The fourth-order valence-corrected chi connectivity index (χ4v) is 7.08. The summed E-state index contributed by atoms with van der Waals surface area (Å²) in [6.07, 6.45) is 14.1. The zero-order valence-electron chi connectivity index (χ0n) is 36.9. The number of hydrogen-bond donors (Lipinski definition) is 2. The van der Waals surface area contributed by atoms with Crippen LogP contribution < -0.4 is 10.9 Å². The summed E-state index contributed by atoms with van der Waals surface area (Å²) in [4.78, 5) is 33.1. The van der Waals surface area contributed by atoms with E-state index >= 15 is 0 Å². The van der Waals surface area contributed by atoms with Crippen molar-refractivity contribution in [2.24, 2.45) is 34.1 Å². The van der Waals surface area contributed by atoms with Gasteiger partial charge in [0.05, 0.1) is 16.8 Å². The van der Waals surface area contributed by atoms with Crippen LogP contribution in [-0.2, 0) is 10.2 Å². The first-order valence-electron chi connectivity index (χ1n) is 21.1. The van der Waals surface area contributed by atoms with Crippen LogP contribution in [0.1, 0.15) is 178 Å². The largest absolute Gasteiger partial charge is 0.322 e. The van der Waals surface area contributed by atoms with Crippen LogP contribution in [0.15, 0.2) is 34.1 Å². The number of aliphatic imine (C=N–C) groups is 1. The van der Waals surface area contributed by atoms with Gasteiger partial charge in [0, 0.05) is 17.7 Å². The lowest BCUT2D eigenvalue weighted by Gasteiger charge is -2.39. The van der Waals surface area contributed by atoms with Gasteiger partial charge < -0.3 is 10.3 Å². The van der Waals surface area contributed by atoms with Gasteiger partial charge in [0.25, 0.3) is 5.56 Å². The molecule has 1 aliphatic carbocycles. The predicted octanol–water partition coefficient (Wildman–Crippen LogP) is 13.4. The molecule has 52 heavy (non-hydrogen) atoms. The number of piperidine rings is 1. The lowest BCUT2D eigenvalue weighted by Crippen LogP contribution is -2.47. The minimum Gasteiger partial charge on any atom is -0.322 e. The molecule has 0 amide bonds. The van der Waals surface area contributed by atoms with E-state index in [2.05, 4.69) is 96.7 Å². The molecule has 2 heterocycles. The number of hydrogen-bond acceptors (Lipinski definition) is 4. The number of rotatable bonds is 11. The normalized spacial score (nSPS) is 17.7. The van der Waals surface area contributed by atoms with Crippen molar-refractivity contribution in [3.8, 4) is 11.3 Å². The summed E-state index contributed by atoms with van der Waals surface area (Å²) in [5.41, 5.74) is 5.24. The van der Waals surface area contributed by atoms with E-state index in [1.165, 1.54) is 44.9 Å². The fourth-order valence-electron chi connectivity index (χ4n) is 7.08. The standard InChI is InChI=1S/C25H33N3O2.C8H16.C8H18.C4H10.C2H6/c1-6-11-27-21-15-22(28-24(30)18(21)5)19-7-8-20(17(4)14-19)25(23(29)16(2)3)9-12-26-13-10-25;1-3-4-8-5-7(2)6-8;1-5-7-8(3,4)6-2;1-4(2)3;1-2/h7-8,11,14-16,26H,6,9-10,12-13H2,1-5H3,(H,28,30);7-8H,3-6H2,1-2H3;5-7H2,1-4H3;4H,1-3H3;1-2H3. The number of carbonyl (C=O) groups excluding carboxylic acids is 1. The SMILES string of the molecule is CC.CC(C)C.CCC=Nc1cc(-c2ccc(C3(C(=O)C(C)C)CCNCC3)c(C)c2)[nH]c(=O)c1C.CCCC(C)(C)CC.CCCC1CC(C)C1. The summed E-state index contributed by atoms with van der Waals surface area (Å²) in [5, 5.41) is 3.39. The summed E-state index contributed by atoms with van der Waals surface area (Å²) >= 11 is 0. The molecule has 0 radical (unpaired) electrons. The van der Waals surface area contributed by atoms with Crippen molar-refractivity contribution in [3.05, 3.63) is 51.3 Å². The zero-order valence-corrected chi connectivity index (χ0v) is 36.9. The number of nitrogens with zero attached hydrogens (tertiary/aromatic N) is 1. The predicted molar refractivity (Wildman–Crippen MR) is 232 cm³/mol. The Bertz CT molecular complexity index is 1350. The molecule has 5 heteroatoms. The second-order valence-electron chi connectivity index (χ2n) is 16.9. The Hall–Kier alpha value is -2.53. The number of Topliss-reactive ketones (excluding diaryl/α,β-unsaturated/α-hetero) is 1. The van der Waals surface area contributed by atoms with Crippen LogP contribution in [-0.4, -0.2) is 30.1 Å². The van der Waals surface area contributed by atoms with Crippen molar-refractivity contribution >= 4 is 17.7 Å². The Morgan fingerprint density at radius 2 is 1.54 bits per heavy atom. The van der Waals surface area contributed by atoms with Gasteiger partial charge in [-0.1, -0.05) is 135 Å². The Kier molecular flexibility index (Phi) is 24.2. The molecule has 298 valence electrons. The molecular weight excluding hydrogens is 639 g/mol. The van der Waals surface area contributed by atoms with E-state index in [0.29, 0.717) is 22.4 Å². The zero-order chi connectivity index (χ0) is 40.1. The molecule has 2 aliphatic rings. The first-order valence-corrected chi connectivity index (χ1v) is 21.1. The second-order valence-corrected chi connectivity index (χ2v) is 16.9. The second kappa shape index (κ2) is 25.5. The summed E-state index contributed by atoms with van der Waals surface area (Å²) in [7, 11) is 0. The molecule has 0 spiro atoms. The van der Waals surface area contributed by atoms with Gasteiger partial charge in [-0.15, -0.1) is 0 Å². The molecule has 1 saturated carbocycles. The van der Waals surface area contributed by atoms with E-state index < -0.39 is 5.41 Å². The first-order chi connectivity index (χ1) is 24.5.